The summed E-state index contributed by atoms with van der Waals surface area (Å²) >= 11 is 4.43. The van der Waals surface area contributed by atoms with Crippen LogP contribution in [0.15, 0.2) is 78.9 Å². The largest absolute Gasteiger partial charge is 0.128 e. The van der Waals surface area contributed by atoms with Crippen molar-refractivity contribution in [2.24, 2.45) is 0 Å². The van der Waals surface area contributed by atoms with Crippen LogP contribution >= 0.6 is 33.9 Å². The van der Waals surface area contributed by atoms with E-state index in [-0.39, 0.29) is 0 Å². The quantitative estimate of drug-likeness (QED) is 0.100. The molecule has 188 valence electrons. The highest BCUT2D eigenvalue weighted by molar-refractivity contribution is 14.1. The normalized spacial score (nSPS) is 13.1. The Morgan fingerprint density at radius 1 is 0.450 bits per heavy atom. The van der Waals surface area contributed by atoms with Gasteiger partial charge >= 0.3 is 0 Å². The van der Waals surface area contributed by atoms with Gasteiger partial charge in [0.15, 0.2) is 0 Å². The Morgan fingerprint density at radius 2 is 0.900 bits per heavy atom. The number of aryl methyl sites for hydroxylation is 2. The highest BCUT2D eigenvalue weighted by atomic mass is 127. The van der Waals surface area contributed by atoms with Gasteiger partial charge in [-0.15, -0.1) is 11.3 Å². The first-order valence-corrected chi connectivity index (χ1v) is 16.1. The summed E-state index contributed by atoms with van der Waals surface area (Å²) in [6.45, 7) is 4.56. The molecule has 0 saturated heterocycles. The lowest BCUT2D eigenvalue weighted by molar-refractivity contribution is 1.04. The van der Waals surface area contributed by atoms with Crippen LogP contribution in [0.4, 0.5) is 0 Å². The lowest BCUT2D eigenvalue weighted by Gasteiger charge is -2.23. The van der Waals surface area contributed by atoms with Gasteiger partial charge in [0.05, 0.1) is 2.88 Å². The predicted molar refractivity (Wildman–Crippen MR) is 187 cm³/mol. The van der Waals surface area contributed by atoms with Gasteiger partial charge in [0, 0.05) is 20.9 Å². The summed E-state index contributed by atoms with van der Waals surface area (Å²) in [4.78, 5) is 0. The standard InChI is InChI=1S/C38H23IS/c1-3-18-13-22-15-28-24-9-5-20-7-11-26-30-17-31(39)40-38(30)27-12-8-21-6-10-25(29(28)16-23(22)14-19(18)4-2)35-33(21)37(27)36(26)32(20)34(24)35/h5-17H,3-4H2,1-2H3. The van der Waals surface area contributed by atoms with E-state index in [1.165, 1.54) is 110 Å². The van der Waals surface area contributed by atoms with Crippen molar-refractivity contribution in [1.29, 1.82) is 0 Å². The van der Waals surface area contributed by atoms with E-state index in [9.17, 15) is 0 Å². The van der Waals surface area contributed by atoms with Gasteiger partial charge in [-0.3, -0.25) is 0 Å². The van der Waals surface area contributed by atoms with Crippen LogP contribution in [0, 0.1) is 2.88 Å². The first-order chi connectivity index (χ1) is 19.6. The van der Waals surface area contributed by atoms with Gasteiger partial charge in [0.1, 0.15) is 0 Å². The summed E-state index contributed by atoms with van der Waals surface area (Å²) < 4.78 is 2.77. The lowest BCUT2D eigenvalue weighted by Crippen LogP contribution is -1.95. The van der Waals surface area contributed by atoms with Crippen LogP contribution < -0.4 is 0 Å². The summed E-state index contributed by atoms with van der Waals surface area (Å²) in [5.41, 5.74) is 2.95. The molecule has 40 heavy (non-hydrogen) atoms. The third-order valence-corrected chi connectivity index (χ3v) is 11.7. The maximum atomic E-state index is 2.50. The van der Waals surface area contributed by atoms with Crippen LogP contribution in [-0.4, -0.2) is 0 Å². The van der Waals surface area contributed by atoms with Crippen LogP contribution in [-0.2, 0) is 12.8 Å². The number of hydrogen-bond donors (Lipinski definition) is 0. The molecule has 0 saturated carbocycles. The van der Waals surface area contributed by atoms with Gasteiger partial charge in [0.2, 0.25) is 0 Å². The van der Waals surface area contributed by atoms with Crippen LogP contribution in [0.2, 0.25) is 0 Å². The molecule has 1 aromatic heterocycles. The molecule has 0 atom stereocenters. The minimum Gasteiger partial charge on any atom is -0.128 e. The second kappa shape index (κ2) is 7.43. The fourth-order valence-electron chi connectivity index (χ4n) is 8.05. The number of thiophene rings is 1. The molecule has 10 rings (SSSR count). The van der Waals surface area contributed by atoms with Gasteiger partial charge in [-0.05, 0) is 140 Å². The number of rotatable bonds is 2. The number of benzene rings is 9. The van der Waals surface area contributed by atoms with Crippen molar-refractivity contribution in [3.8, 4) is 0 Å². The second-order valence-electron chi connectivity index (χ2n) is 11.5. The third kappa shape index (κ3) is 2.50. The van der Waals surface area contributed by atoms with Gasteiger partial charge in [-0.25, -0.2) is 0 Å². The summed E-state index contributed by atoms with van der Waals surface area (Å²) in [5, 5.41) is 23.8. The van der Waals surface area contributed by atoms with Gasteiger partial charge < -0.3 is 0 Å². The molecule has 10 aromatic rings. The molecule has 0 nitrogen and oxygen atoms in total. The number of halogens is 1. The Morgan fingerprint density at radius 3 is 1.40 bits per heavy atom. The SMILES string of the molecule is CCc1cc2cc3c(cc2cc1CC)c1ccc2ccc4c5sc(I)cc5c5ccc6ccc3c3c6c5c4c2c13. The molecule has 0 amide bonds. The second-order valence-corrected chi connectivity index (χ2v) is 14.5. The van der Waals surface area contributed by atoms with Gasteiger partial charge in [-0.1, -0.05) is 74.5 Å². The topological polar surface area (TPSA) is 0 Å². The maximum absolute atomic E-state index is 2.50. The summed E-state index contributed by atoms with van der Waals surface area (Å²) in [7, 11) is 0. The minimum absolute atomic E-state index is 1.08. The van der Waals surface area contributed by atoms with Crippen molar-refractivity contribution in [2.45, 2.75) is 26.7 Å². The molecule has 0 aliphatic rings. The zero-order valence-electron chi connectivity index (χ0n) is 22.2. The van der Waals surface area contributed by atoms with Gasteiger partial charge in [0.25, 0.3) is 0 Å². The van der Waals surface area contributed by atoms with Crippen molar-refractivity contribution in [3.63, 3.8) is 0 Å². The van der Waals surface area contributed by atoms with Crippen LogP contribution in [0.25, 0.3) is 96.3 Å². The molecule has 0 radical (unpaired) electrons. The zero-order chi connectivity index (χ0) is 26.4. The van der Waals surface area contributed by atoms with Crippen molar-refractivity contribution in [2.75, 3.05) is 0 Å². The summed E-state index contributed by atoms with van der Waals surface area (Å²) in [5.74, 6) is 0. The molecule has 0 aliphatic carbocycles. The van der Waals surface area contributed by atoms with E-state index in [2.05, 4.69) is 115 Å². The Labute approximate surface area is 248 Å². The predicted octanol–water partition coefficient (Wildman–Crippen LogP) is 12.2. The molecule has 0 spiro atoms. The van der Waals surface area contributed by atoms with Crippen molar-refractivity contribution >= 4 is 130 Å². The first-order valence-electron chi connectivity index (χ1n) is 14.2. The van der Waals surface area contributed by atoms with E-state index < -0.39 is 0 Å². The molecule has 0 fully saturated rings. The monoisotopic (exact) mass is 638 g/mol. The minimum atomic E-state index is 1.08. The average Bonchev–Trinajstić information content (AvgIpc) is 3.39. The fraction of sp³-hybridized carbons (Fsp3) is 0.105. The number of fused-ring (bicyclic) bond motifs is 7. The third-order valence-electron chi connectivity index (χ3n) is 9.75. The average molecular weight is 639 g/mol. The molecule has 0 aliphatic heterocycles. The fourth-order valence-corrected chi connectivity index (χ4v) is 9.95. The van der Waals surface area contributed by atoms with Crippen molar-refractivity contribution < 1.29 is 0 Å². The van der Waals surface area contributed by atoms with Gasteiger partial charge in [-0.2, -0.15) is 0 Å². The van der Waals surface area contributed by atoms with Crippen LogP contribution in [0.3, 0.4) is 0 Å². The summed E-state index contributed by atoms with van der Waals surface area (Å²) in [6.07, 6.45) is 2.15. The highest BCUT2D eigenvalue weighted by Gasteiger charge is 2.24. The molecular weight excluding hydrogens is 615 g/mol. The van der Waals surface area contributed by atoms with E-state index in [4.69, 9.17) is 0 Å². The Kier molecular flexibility index (Phi) is 4.13. The van der Waals surface area contributed by atoms with Crippen molar-refractivity contribution in [1.82, 2.24) is 0 Å². The summed E-state index contributed by atoms with van der Waals surface area (Å²) in [6, 6.07) is 31.3. The van der Waals surface area contributed by atoms with E-state index >= 15 is 0 Å². The molecule has 9 aromatic carbocycles. The molecule has 0 bridgehead atoms. The van der Waals surface area contributed by atoms with E-state index in [0.717, 1.165) is 12.8 Å². The Balaban J connectivity index is 1.56. The Bertz CT molecular complexity index is 2490. The van der Waals surface area contributed by atoms with E-state index in [1.54, 1.807) is 0 Å². The zero-order valence-corrected chi connectivity index (χ0v) is 25.2. The molecular formula is C38H23IS. The molecule has 1 heterocycles. The van der Waals surface area contributed by atoms with E-state index in [1.807, 2.05) is 11.3 Å². The smallest absolute Gasteiger partial charge is 0.0666 e. The first kappa shape index (κ1) is 22.2. The molecule has 2 heteroatoms. The van der Waals surface area contributed by atoms with E-state index in [0.29, 0.717) is 0 Å². The van der Waals surface area contributed by atoms with Crippen LogP contribution in [0.5, 0.6) is 0 Å². The number of hydrogen-bond acceptors (Lipinski definition) is 1. The Hall–Kier alpha value is -3.47. The molecule has 0 N–H and O–H groups in total. The maximum Gasteiger partial charge on any atom is 0.0666 e. The molecule has 0 unspecified atom stereocenters. The highest BCUT2D eigenvalue weighted by Crippen LogP contribution is 2.53. The van der Waals surface area contributed by atoms with Crippen molar-refractivity contribution in [3.05, 3.63) is 92.9 Å². The lowest BCUT2D eigenvalue weighted by atomic mass is 9.80. The van der Waals surface area contributed by atoms with Crippen LogP contribution in [0.1, 0.15) is 25.0 Å².